The van der Waals surface area contributed by atoms with Crippen LogP contribution in [0.5, 0.6) is 0 Å². The molecule has 1 N–H and O–H groups in total. The Morgan fingerprint density at radius 2 is 2.32 bits per heavy atom. The molecule has 0 aromatic heterocycles. The Morgan fingerprint density at radius 3 is 3.00 bits per heavy atom. The Morgan fingerprint density at radius 1 is 1.53 bits per heavy atom. The predicted octanol–water partition coefficient (Wildman–Crippen LogP) is 2.66. The quantitative estimate of drug-likeness (QED) is 0.670. The van der Waals surface area contributed by atoms with Gasteiger partial charge in [-0.1, -0.05) is 12.1 Å². The van der Waals surface area contributed by atoms with E-state index in [0.717, 1.165) is 19.6 Å². The Hall–Kier alpha value is -1.62. The molecule has 1 atom stereocenters. The molecule has 104 valence electrons. The zero-order chi connectivity index (χ0) is 13.8. The van der Waals surface area contributed by atoms with Crippen LogP contribution in [0.1, 0.15) is 18.4 Å². The fourth-order valence-electron chi connectivity index (χ4n) is 2.74. The summed E-state index contributed by atoms with van der Waals surface area (Å²) in [6, 6.07) is 5.42. The molecular weight excluding hydrogens is 242 g/mol. The first kappa shape index (κ1) is 13.8. The second kappa shape index (κ2) is 6.02. The molecular formula is C14H21N3O2. The fourth-order valence-corrected chi connectivity index (χ4v) is 2.74. The number of nitrogens with zero attached hydrogens (tertiary/aromatic N) is 2. The first-order valence-corrected chi connectivity index (χ1v) is 6.74. The van der Waals surface area contributed by atoms with E-state index in [1.54, 1.807) is 19.1 Å². The number of likely N-dealkylation sites (tertiary alicyclic amines) is 1. The molecule has 1 saturated heterocycles. The minimum Gasteiger partial charge on any atom is -0.379 e. The number of anilines is 1. The molecule has 1 heterocycles. The van der Waals surface area contributed by atoms with Gasteiger partial charge < -0.3 is 10.2 Å². The lowest BCUT2D eigenvalue weighted by molar-refractivity contribution is -0.384. The molecule has 0 radical (unpaired) electrons. The van der Waals surface area contributed by atoms with E-state index < -0.39 is 0 Å². The largest absolute Gasteiger partial charge is 0.379 e. The van der Waals surface area contributed by atoms with Crippen LogP contribution in [0.3, 0.4) is 0 Å². The SMILES string of the molecule is Cc1cccc(NCC2CCCN(C)C2)c1[N+](=O)[O-]. The smallest absolute Gasteiger partial charge is 0.295 e. The van der Waals surface area contributed by atoms with Gasteiger partial charge in [-0.2, -0.15) is 0 Å². The molecule has 0 aliphatic carbocycles. The van der Waals surface area contributed by atoms with Gasteiger partial charge in [0.15, 0.2) is 0 Å². The highest BCUT2D eigenvalue weighted by Gasteiger charge is 2.20. The normalized spacial score (nSPS) is 20.2. The molecule has 2 rings (SSSR count). The van der Waals surface area contributed by atoms with E-state index in [2.05, 4.69) is 17.3 Å². The average molecular weight is 263 g/mol. The lowest BCUT2D eigenvalue weighted by Crippen LogP contribution is -2.35. The highest BCUT2D eigenvalue weighted by molar-refractivity contribution is 5.64. The van der Waals surface area contributed by atoms with Crippen molar-refractivity contribution in [2.45, 2.75) is 19.8 Å². The summed E-state index contributed by atoms with van der Waals surface area (Å²) in [7, 11) is 2.13. The van der Waals surface area contributed by atoms with Crippen LogP contribution in [-0.2, 0) is 0 Å². The molecule has 0 amide bonds. The van der Waals surface area contributed by atoms with Crippen molar-refractivity contribution >= 4 is 11.4 Å². The molecule has 1 aromatic carbocycles. The van der Waals surface area contributed by atoms with Crippen molar-refractivity contribution in [2.75, 3.05) is 32.0 Å². The number of piperidine rings is 1. The molecule has 1 fully saturated rings. The van der Waals surface area contributed by atoms with Crippen molar-refractivity contribution < 1.29 is 4.92 Å². The number of para-hydroxylation sites is 1. The lowest BCUT2D eigenvalue weighted by Gasteiger charge is -2.29. The highest BCUT2D eigenvalue weighted by atomic mass is 16.6. The van der Waals surface area contributed by atoms with Crippen LogP contribution in [0.2, 0.25) is 0 Å². The molecule has 1 aromatic rings. The van der Waals surface area contributed by atoms with Crippen LogP contribution < -0.4 is 5.32 Å². The van der Waals surface area contributed by atoms with Gasteiger partial charge in [-0.3, -0.25) is 10.1 Å². The second-order valence-electron chi connectivity index (χ2n) is 5.38. The third kappa shape index (κ3) is 3.44. The van der Waals surface area contributed by atoms with Crippen molar-refractivity contribution in [1.82, 2.24) is 4.90 Å². The summed E-state index contributed by atoms with van der Waals surface area (Å²) in [5, 5.41) is 14.4. The van der Waals surface area contributed by atoms with Gasteiger partial charge in [-0.05, 0) is 45.3 Å². The van der Waals surface area contributed by atoms with Gasteiger partial charge in [-0.25, -0.2) is 0 Å². The third-order valence-electron chi connectivity index (χ3n) is 3.72. The molecule has 5 heteroatoms. The number of aryl methyl sites for hydroxylation is 1. The zero-order valence-corrected chi connectivity index (χ0v) is 11.6. The van der Waals surface area contributed by atoms with Crippen molar-refractivity contribution in [1.29, 1.82) is 0 Å². The van der Waals surface area contributed by atoms with E-state index in [1.165, 1.54) is 12.8 Å². The first-order chi connectivity index (χ1) is 9.08. The minimum absolute atomic E-state index is 0.201. The number of nitrogens with one attached hydrogen (secondary N) is 1. The van der Waals surface area contributed by atoms with Gasteiger partial charge in [0.25, 0.3) is 5.69 Å². The molecule has 0 saturated carbocycles. The van der Waals surface area contributed by atoms with Gasteiger partial charge in [0, 0.05) is 18.7 Å². The fraction of sp³-hybridized carbons (Fsp3) is 0.571. The summed E-state index contributed by atoms with van der Waals surface area (Å²) in [5.74, 6) is 0.568. The monoisotopic (exact) mass is 263 g/mol. The topological polar surface area (TPSA) is 58.4 Å². The van der Waals surface area contributed by atoms with Gasteiger partial charge in [-0.15, -0.1) is 0 Å². The summed E-state index contributed by atoms with van der Waals surface area (Å²) < 4.78 is 0. The van der Waals surface area contributed by atoms with Crippen molar-refractivity contribution in [3.63, 3.8) is 0 Å². The maximum Gasteiger partial charge on any atom is 0.295 e. The standard InChI is InChI=1S/C14H21N3O2/c1-11-5-3-7-13(14(11)17(18)19)15-9-12-6-4-8-16(2)10-12/h3,5,7,12,15H,4,6,8-10H2,1-2H3. The Balaban J connectivity index is 2.03. The summed E-state index contributed by atoms with van der Waals surface area (Å²) >= 11 is 0. The average Bonchev–Trinajstić information content (AvgIpc) is 2.36. The maximum absolute atomic E-state index is 11.1. The van der Waals surface area contributed by atoms with Crippen molar-refractivity contribution in [3.8, 4) is 0 Å². The molecule has 1 aliphatic heterocycles. The molecule has 1 aliphatic rings. The van der Waals surface area contributed by atoms with Crippen LogP contribution in [0.25, 0.3) is 0 Å². The number of nitro groups is 1. The Labute approximate surface area is 113 Å². The maximum atomic E-state index is 11.1. The van der Waals surface area contributed by atoms with Crippen LogP contribution >= 0.6 is 0 Å². The number of rotatable bonds is 4. The number of benzene rings is 1. The molecule has 0 bridgehead atoms. The first-order valence-electron chi connectivity index (χ1n) is 6.74. The van der Waals surface area contributed by atoms with E-state index in [4.69, 9.17) is 0 Å². The van der Waals surface area contributed by atoms with E-state index in [9.17, 15) is 10.1 Å². The minimum atomic E-state index is -0.301. The molecule has 1 unspecified atom stereocenters. The van der Waals surface area contributed by atoms with Crippen LogP contribution in [0.4, 0.5) is 11.4 Å². The molecule has 0 spiro atoms. The summed E-state index contributed by atoms with van der Waals surface area (Å²) in [5.41, 5.74) is 1.54. The van der Waals surface area contributed by atoms with E-state index in [-0.39, 0.29) is 10.6 Å². The molecule has 19 heavy (non-hydrogen) atoms. The number of nitro benzene ring substituents is 1. The summed E-state index contributed by atoms with van der Waals surface area (Å²) in [4.78, 5) is 13.1. The van der Waals surface area contributed by atoms with Crippen molar-refractivity contribution in [2.24, 2.45) is 5.92 Å². The third-order valence-corrected chi connectivity index (χ3v) is 3.72. The summed E-state index contributed by atoms with van der Waals surface area (Å²) in [6.45, 7) is 4.79. The summed E-state index contributed by atoms with van der Waals surface area (Å²) in [6.07, 6.45) is 2.40. The predicted molar refractivity (Wildman–Crippen MR) is 76.5 cm³/mol. The Kier molecular flexibility index (Phi) is 4.37. The molecule has 5 nitrogen and oxygen atoms in total. The van der Waals surface area contributed by atoms with E-state index in [0.29, 0.717) is 17.2 Å². The lowest BCUT2D eigenvalue weighted by atomic mass is 9.98. The van der Waals surface area contributed by atoms with Gasteiger partial charge >= 0.3 is 0 Å². The number of hydrogen-bond acceptors (Lipinski definition) is 4. The van der Waals surface area contributed by atoms with Gasteiger partial charge in [0.1, 0.15) is 5.69 Å². The van der Waals surface area contributed by atoms with Crippen molar-refractivity contribution in [3.05, 3.63) is 33.9 Å². The Bertz CT molecular complexity index is 462. The van der Waals surface area contributed by atoms with E-state index >= 15 is 0 Å². The second-order valence-corrected chi connectivity index (χ2v) is 5.38. The zero-order valence-electron chi connectivity index (χ0n) is 11.6. The van der Waals surface area contributed by atoms with Crippen LogP contribution in [0, 0.1) is 23.0 Å². The van der Waals surface area contributed by atoms with Gasteiger partial charge in [0.05, 0.1) is 4.92 Å². The number of hydrogen-bond donors (Lipinski definition) is 1. The van der Waals surface area contributed by atoms with Crippen LogP contribution in [0.15, 0.2) is 18.2 Å². The highest BCUT2D eigenvalue weighted by Crippen LogP contribution is 2.28. The van der Waals surface area contributed by atoms with E-state index in [1.807, 2.05) is 6.07 Å². The van der Waals surface area contributed by atoms with Crippen LogP contribution in [-0.4, -0.2) is 36.5 Å². The van der Waals surface area contributed by atoms with Gasteiger partial charge in [0.2, 0.25) is 0 Å².